The number of nitrogens with zero attached hydrogens (tertiary/aromatic N) is 2. The summed E-state index contributed by atoms with van der Waals surface area (Å²) in [6.45, 7) is 1.20. The monoisotopic (exact) mass is 403 g/mol. The lowest BCUT2D eigenvalue weighted by molar-refractivity contribution is -0.124. The van der Waals surface area contributed by atoms with Crippen molar-refractivity contribution in [2.24, 2.45) is 0 Å². The summed E-state index contributed by atoms with van der Waals surface area (Å²) in [5, 5.41) is 3.07. The van der Waals surface area contributed by atoms with E-state index in [4.69, 9.17) is 4.74 Å². The lowest BCUT2D eigenvalue weighted by Gasteiger charge is -2.39. The minimum absolute atomic E-state index is 0.0807. The van der Waals surface area contributed by atoms with Gasteiger partial charge in [0.15, 0.2) is 0 Å². The molecule has 2 aromatic carbocycles. The zero-order chi connectivity index (χ0) is 21.1. The summed E-state index contributed by atoms with van der Waals surface area (Å²) in [4.78, 5) is 28.1. The van der Waals surface area contributed by atoms with E-state index in [1.54, 1.807) is 25.1 Å². The zero-order valence-corrected chi connectivity index (χ0v) is 17.1. The molecule has 1 aliphatic heterocycles. The number of fused-ring (bicyclic) bond motifs is 1. The number of benzene rings is 2. The summed E-state index contributed by atoms with van der Waals surface area (Å²) in [7, 11) is 3.37. The van der Waals surface area contributed by atoms with Crippen LogP contribution in [0, 0.1) is 0 Å². The summed E-state index contributed by atoms with van der Waals surface area (Å²) in [5.74, 6) is 0.0659. The molecular formula is C24H25N3O3. The molecule has 1 aromatic heterocycles. The van der Waals surface area contributed by atoms with Crippen LogP contribution in [0.2, 0.25) is 0 Å². The van der Waals surface area contributed by atoms with E-state index >= 15 is 0 Å². The van der Waals surface area contributed by atoms with Crippen LogP contribution in [0.3, 0.4) is 0 Å². The first-order chi connectivity index (χ1) is 14.6. The zero-order valence-electron chi connectivity index (χ0n) is 17.1. The number of hydrogen-bond acceptors (Lipinski definition) is 3. The molecule has 0 spiro atoms. The van der Waals surface area contributed by atoms with Crippen LogP contribution in [0.25, 0.3) is 0 Å². The molecule has 0 radical (unpaired) electrons. The molecule has 4 rings (SSSR count). The SMILES string of the molecule is COc1ccc([C@@H]2[C@@H](C(=O)NCCn3cccc3)c3ccccc3C(=O)N2C)cc1. The summed E-state index contributed by atoms with van der Waals surface area (Å²) in [6, 6.07) is 18.4. The fourth-order valence-electron chi connectivity index (χ4n) is 4.11. The van der Waals surface area contributed by atoms with Crippen LogP contribution in [0.1, 0.15) is 33.4 Å². The Labute approximate surface area is 176 Å². The van der Waals surface area contributed by atoms with Crippen LogP contribution in [0.5, 0.6) is 5.75 Å². The van der Waals surface area contributed by atoms with E-state index in [0.717, 1.165) is 16.9 Å². The first-order valence-electron chi connectivity index (χ1n) is 9.98. The van der Waals surface area contributed by atoms with E-state index in [2.05, 4.69) is 5.32 Å². The fraction of sp³-hybridized carbons (Fsp3) is 0.250. The fourth-order valence-corrected chi connectivity index (χ4v) is 4.11. The van der Waals surface area contributed by atoms with Crippen LogP contribution < -0.4 is 10.1 Å². The van der Waals surface area contributed by atoms with Crippen molar-refractivity contribution in [1.82, 2.24) is 14.8 Å². The van der Waals surface area contributed by atoms with Crippen molar-refractivity contribution in [2.45, 2.75) is 18.5 Å². The van der Waals surface area contributed by atoms with Crippen molar-refractivity contribution in [3.05, 3.63) is 89.7 Å². The Morgan fingerprint density at radius 1 is 1.03 bits per heavy atom. The number of nitrogens with one attached hydrogen (secondary N) is 1. The molecule has 1 aliphatic rings. The highest BCUT2D eigenvalue weighted by atomic mass is 16.5. The number of carbonyl (C=O) groups is 2. The molecule has 0 aliphatic carbocycles. The van der Waals surface area contributed by atoms with Gasteiger partial charge < -0.3 is 19.5 Å². The lowest BCUT2D eigenvalue weighted by atomic mass is 9.79. The van der Waals surface area contributed by atoms with Crippen molar-refractivity contribution in [3.63, 3.8) is 0 Å². The molecule has 2 amide bonds. The molecular weight excluding hydrogens is 378 g/mol. The smallest absolute Gasteiger partial charge is 0.254 e. The van der Waals surface area contributed by atoms with Crippen molar-refractivity contribution >= 4 is 11.8 Å². The van der Waals surface area contributed by atoms with Gasteiger partial charge in [0, 0.05) is 38.1 Å². The average molecular weight is 403 g/mol. The Bertz CT molecular complexity index is 1030. The maximum absolute atomic E-state index is 13.4. The third-order valence-electron chi connectivity index (χ3n) is 5.65. The predicted molar refractivity (Wildman–Crippen MR) is 114 cm³/mol. The van der Waals surface area contributed by atoms with Crippen molar-refractivity contribution in [3.8, 4) is 5.75 Å². The predicted octanol–water partition coefficient (Wildman–Crippen LogP) is 3.22. The number of carbonyl (C=O) groups excluding carboxylic acids is 2. The molecule has 0 unspecified atom stereocenters. The Kier molecular flexibility index (Phi) is 5.57. The van der Waals surface area contributed by atoms with Gasteiger partial charge >= 0.3 is 0 Å². The average Bonchev–Trinajstić information content (AvgIpc) is 3.29. The van der Waals surface area contributed by atoms with E-state index in [0.29, 0.717) is 18.7 Å². The van der Waals surface area contributed by atoms with Gasteiger partial charge in [-0.1, -0.05) is 30.3 Å². The van der Waals surface area contributed by atoms with E-state index in [-0.39, 0.29) is 11.8 Å². The third kappa shape index (κ3) is 3.68. The van der Waals surface area contributed by atoms with Gasteiger partial charge in [-0.2, -0.15) is 0 Å². The summed E-state index contributed by atoms with van der Waals surface area (Å²) >= 11 is 0. The molecule has 0 saturated carbocycles. The Hall–Kier alpha value is -3.54. The second-order valence-electron chi connectivity index (χ2n) is 7.41. The number of hydrogen-bond donors (Lipinski definition) is 1. The number of ether oxygens (including phenoxy) is 1. The van der Waals surface area contributed by atoms with Crippen molar-refractivity contribution < 1.29 is 14.3 Å². The minimum atomic E-state index is -0.498. The summed E-state index contributed by atoms with van der Waals surface area (Å²) < 4.78 is 7.28. The number of rotatable bonds is 6. The highest BCUT2D eigenvalue weighted by Crippen LogP contribution is 2.42. The Morgan fingerprint density at radius 2 is 1.73 bits per heavy atom. The molecule has 0 bridgehead atoms. The molecule has 6 nitrogen and oxygen atoms in total. The first kappa shape index (κ1) is 19.8. The van der Waals surface area contributed by atoms with Gasteiger partial charge in [0.1, 0.15) is 5.75 Å². The number of amides is 2. The normalized spacial score (nSPS) is 18.1. The molecule has 0 saturated heterocycles. The Morgan fingerprint density at radius 3 is 2.43 bits per heavy atom. The second-order valence-corrected chi connectivity index (χ2v) is 7.41. The molecule has 0 fully saturated rings. The molecule has 30 heavy (non-hydrogen) atoms. The molecule has 1 N–H and O–H groups in total. The minimum Gasteiger partial charge on any atom is -0.497 e. The highest BCUT2D eigenvalue weighted by Gasteiger charge is 2.42. The topological polar surface area (TPSA) is 63.6 Å². The molecule has 3 aromatic rings. The van der Waals surface area contributed by atoms with Crippen LogP contribution in [0.15, 0.2) is 73.1 Å². The molecule has 2 atom stereocenters. The largest absolute Gasteiger partial charge is 0.497 e. The van der Waals surface area contributed by atoms with Crippen LogP contribution in [-0.4, -0.2) is 42.0 Å². The van der Waals surface area contributed by atoms with Crippen LogP contribution in [-0.2, 0) is 11.3 Å². The van der Waals surface area contributed by atoms with Gasteiger partial charge in [-0.3, -0.25) is 9.59 Å². The first-order valence-corrected chi connectivity index (χ1v) is 9.98. The lowest BCUT2D eigenvalue weighted by Crippen LogP contribution is -2.46. The van der Waals surface area contributed by atoms with Crippen LogP contribution >= 0.6 is 0 Å². The molecule has 2 heterocycles. The molecule has 154 valence electrons. The van der Waals surface area contributed by atoms with Gasteiger partial charge in [-0.15, -0.1) is 0 Å². The van der Waals surface area contributed by atoms with Crippen LogP contribution in [0.4, 0.5) is 0 Å². The van der Waals surface area contributed by atoms with Gasteiger partial charge in [0.05, 0.1) is 19.1 Å². The van der Waals surface area contributed by atoms with Gasteiger partial charge in [0.2, 0.25) is 5.91 Å². The maximum atomic E-state index is 13.4. The number of aromatic nitrogens is 1. The Balaban J connectivity index is 1.66. The summed E-state index contributed by atoms with van der Waals surface area (Å²) in [5.41, 5.74) is 2.24. The summed E-state index contributed by atoms with van der Waals surface area (Å²) in [6.07, 6.45) is 3.93. The molecule has 6 heteroatoms. The maximum Gasteiger partial charge on any atom is 0.254 e. The van der Waals surface area contributed by atoms with Gasteiger partial charge in [-0.05, 0) is 41.5 Å². The standard InChI is InChI=1S/C24H25N3O3/c1-26-22(17-9-11-18(30-2)12-10-17)21(19-7-3-4-8-20(19)24(26)29)23(28)25-13-16-27-14-5-6-15-27/h3-12,14-15,21-22H,13,16H2,1-2H3,(H,25,28)/t21-,22+/m0/s1. The van der Waals surface area contributed by atoms with Gasteiger partial charge in [-0.25, -0.2) is 0 Å². The van der Waals surface area contributed by atoms with Crippen molar-refractivity contribution in [2.75, 3.05) is 20.7 Å². The van der Waals surface area contributed by atoms with Crippen molar-refractivity contribution in [1.29, 1.82) is 0 Å². The number of likely N-dealkylation sites (N-methyl/N-ethyl adjacent to an activating group) is 1. The highest BCUT2D eigenvalue weighted by molar-refractivity contribution is 6.01. The third-order valence-corrected chi connectivity index (χ3v) is 5.65. The quantitative estimate of drug-likeness (QED) is 0.687. The number of methoxy groups -OCH3 is 1. The van der Waals surface area contributed by atoms with E-state index in [9.17, 15) is 9.59 Å². The van der Waals surface area contributed by atoms with Gasteiger partial charge in [0.25, 0.3) is 5.91 Å². The van der Waals surface area contributed by atoms with E-state index in [1.807, 2.05) is 71.6 Å². The van der Waals surface area contributed by atoms with E-state index in [1.165, 1.54) is 0 Å². The van der Waals surface area contributed by atoms with E-state index < -0.39 is 12.0 Å². The second kappa shape index (κ2) is 8.45.